The normalized spacial score (nSPS) is 46.2. The molecule has 0 spiro atoms. The largest absolute Gasteiger partial charge is 0.298 e. The fourth-order valence-electron chi connectivity index (χ4n) is 7.64. The monoisotopic (exact) mass is 316 g/mol. The Hall–Kier alpha value is -0.0800. The summed E-state index contributed by atoms with van der Waals surface area (Å²) in [6.45, 7) is 5.49. The third kappa shape index (κ3) is 2.78. The summed E-state index contributed by atoms with van der Waals surface area (Å²) in [6.07, 6.45) is 18.3. The average Bonchev–Trinajstić information content (AvgIpc) is 2.83. The average molecular weight is 317 g/mol. The molecule has 4 bridgehead atoms. The van der Waals surface area contributed by atoms with Gasteiger partial charge in [-0.1, -0.05) is 25.7 Å². The Kier molecular flexibility index (Phi) is 3.98. The molecule has 6 fully saturated rings. The first kappa shape index (κ1) is 15.2. The highest BCUT2D eigenvalue weighted by Crippen LogP contribution is 2.57. The van der Waals surface area contributed by atoms with Crippen molar-refractivity contribution >= 4 is 0 Å². The molecule has 1 saturated heterocycles. The molecule has 130 valence electrons. The molecular formula is C21H36N2. The maximum absolute atomic E-state index is 2.99. The second-order valence-corrected chi connectivity index (χ2v) is 9.81. The molecule has 0 N–H and O–H groups in total. The summed E-state index contributed by atoms with van der Waals surface area (Å²) in [5, 5.41) is 0. The first-order valence-corrected chi connectivity index (χ1v) is 10.8. The predicted octanol–water partition coefficient (Wildman–Crippen LogP) is 4.30. The molecular weight excluding hydrogens is 280 g/mol. The summed E-state index contributed by atoms with van der Waals surface area (Å²) in [6, 6.07) is 0.927. The van der Waals surface area contributed by atoms with E-state index in [9.17, 15) is 0 Å². The Morgan fingerprint density at radius 2 is 1.13 bits per heavy atom. The lowest BCUT2D eigenvalue weighted by atomic mass is 9.52. The van der Waals surface area contributed by atoms with Gasteiger partial charge in [-0.25, -0.2) is 0 Å². The molecule has 2 heteroatoms. The van der Waals surface area contributed by atoms with Crippen LogP contribution in [-0.4, -0.2) is 47.6 Å². The van der Waals surface area contributed by atoms with Gasteiger partial charge in [0.15, 0.2) is 0 Å². The third-order valence-electron chi connectivity index (χ3n) is 8.33. The fourth-order valence-corrected chi connectivity index (χ4v) is 7.64. The molecule has 0 unspecified atom stereocenters. The first-order chi connectivity index (χ1) is 11.3. The van der Waals surface area contributed by atoms with Crippen LogP contribution in [0.25, 0.3) is 0 Å². The molecule has 0 amide bonds. The van der Waals surface area contributed by atoms with Gasteiger partial charge in [0.05, 0.1) is 0 Å². The van der Waals surface area contributed by atoms with Gasteiger partial charge in [0.25, 0.3) is 0 Å². The summed E-state index contributed by atoms with van der Waals surface area (Å²) in [5.74, 6) is 3.29. The van der Waals surface area contributed by atoms with Crippen LogP contribution in [0.2, 0.25) is 0 Å². The van der Waals surface area contributed by atoms with Gasteiger partial charge >= 0.3 is 0 Å². The van der Waals surface area contributed by atoms with Crippen LogP contribution in [0.1, 0.15) is 77.0 Å². The molecule has 6 rings (SSSR count). The number of rotatable bonds is 2. The zero-order valence-electron chi connectivity index (χ0n) is 15.0. The molecule has 23 heavy (non-hydrogen) atoms. The molecule has 2 nitrogen and oxygen atoms in total. The van der Waals surface area contributed by atoms with Crippen LogP contribution in [0.3, 0.4) is 0 Å². The second-order valence-electron chi connectivity index (χ2n) is 9.81. The van der Waals surface area contributed by atoms with Gasteiger partial charge < -0.3 is 0 Å². The maximum Gasteiger partial charge on any atom is 0.0218 e. The molecule has 5 aliphatic carbocycles. The maximum atomic E-state index is 2.99. The van der Waals surface area contributed by atoms with Crippen molar-refractivity contribution in [2.24, 2.45) is 17.8 Å². The van der Waals surface area contributed by atoms with Crippen LogP contribution in [0.5, 0.6) is 0 Å². The van der Waals surface area contributed by atoms with E-state index in [1.807, 2.05) is 0 Å². The SMILES string of the molecule is C1CCCC(N2CCN(C34CC5CC(CC(C5)C3)C4)CC2)CC1. The lowest BCUT2D eigenvalue weighted by Gasteiger charge is -2.62. The zero-order chi connectivity index (χ0) is 15.3. The molecule has 0 atom stereocenters. The van der Waals surface area contributed by atoms with E-state index in [4.69, 9.17) is 0 Å². The fraction of sp³-hybridized carbons (Fsp3) is 1.00. The van der Waals surface area contributed by atoms with Crippen molar-refractivity contribution < 1.29 is 0 Å². The Labute approximate surface area is 143 Å². The van der Waals surface area contributed by atoms with Crippen LogP contribution in [0.4, 0.5) is 0 Å². The Balaban J connectivity index is 1.23. The standard InChI is InChI=1S/C21H36N2/c1-2-4-6-20(5-3-1)22-7-9-23(10-8-22)21-14-17-11-18(15-21)13-19(12-17)16-21/h17-20H,1-16H2. The van der Waals surface area contributed by atoms with Crippen LogP contribution < -0.4 is 0 Å². The Morgan fingerprint density at radius 1 is 0.609 bits per heavy atom. The molecule has 0 aromatic heterocycles. The summed E-state index contributed by atoms with van der Waals surface area (Å²) < 4.78 is 0. The predicted molar refractivity (Wildman–Crippen MR) is 95.5 cm³/mol. The highest BCUT2D eigenvalue weighted by Gasteiger charge is 2.53. The summed E-state index contributed by atoms with van der Waals surface area (Å²) >= 11 is 0. The molecule has 1 aliphatic heterocycles. The quantitative estimate of drug-likeness (QED) is 0.701. The van der Waals surface area contributed by atoms with Crippen molar-refractivity contribution in [2.75, 3.05) is 26.2 Å². The zero-order valence-corrected chi connectivity index (χ0v) is 15.0. The molecule has 5 saturated carbocycles. The van der Waals surface area contributed by atoms with Crippen molar-refractivity contribution in [1.29, 1.82) is 0 Å². The van der Waals surface area contributed by atoms with Crippen molar-refractivity contribution in [1.82, 2.24) is 9.80 Å². The van der Waals surface area contributed by atoms with Gasteiger partial charge in [-0.05, 0) is 69.1 Å². The Bertz CT molecular complexity index is 380. The number of hydrogen-bond acceptors (Lipinski definition) is 2. The molecule has 0 aromatic rings. The van der Waals surface area contributed by atoms with Gasteiger partial charge in [-0.2, -0.15) is 0 Å². The van der Waals surface area contributed by atoms with Crippen molar-refractivity contribution in [2.45, 2.75) is 88.6 Å². The van der Waals surface area contributed by atoms with Crippen molar-refractivity contribution in [3.63, 3.8) is 0 Å². The highest BCUT2D eigenvalue weighted by molar-refractivity contribution is 5.08. The van der Waals surface area contributed by atoms with E-state index in [2.05, 4.69) is 9.80 Å². The minimum Gasteiger partial charge on any atom is -0.298 e. The van der Waals surface area contributed by atoms with Gasteiger partial charge in [0, 0.05) is 37.8 Å². The van der Waals surface area contributed by atoms with E-state index in [0.717, 1.165) is 23.8 Å². The number of piperazine rings is 1. The van der Waals surface area contributed by atoms with Crippen LogP contribution in [-0.2, 0) is 0 Å². The molecule has 6 aliphatic rings. The summed E-state index contributed by atoms with van der Waals surface area (Å²) in [4.78, 5) is 5.87. The van der Waals surface area contributed by atoms with Gasteiger partial charge in [0.1, 0.15) is 0 Å². The first-order valence-electron chi connectivity index (χ1n) is 10.8. The molecule has 0 radical (unpaired) electrons. The minimum absolute atomic E-state index is 0.657. The van der Waals surface area contributed by atoms with Crippen LogP contribution in [0.15, 0.2) is 0 Å². The summed E-state index contributed by atoms with van der Waals surface area (Å²) in [5.41, 5.74) is 0.657. The van der Waals surface area contributed by atoms with E-state index in [0.29, 0.717) is 5.54 Å². The third-order valence-corrected chi connectivity index (χ3v) is 8.33. The lowest BCUT2D eigenvalue weighted by molar-refractivity contribution is -0.104. The molecule has 0 aromatic carbocycles. The van der Waals surface area contributed by atoms with E-state index in [-0.39, 0.29) is 0 Å². The van der Waals surface area contributed by atoms with E-state index < -0.39 is 0 Å². The number of hydrogen-bond donors (Lipinski definition) is 0. The van der Waals surface area contributed by atoms with E-state index >= 15 is 0 Å². The second kappa shape index (κ2) is 6.02. The highest BCUT2D eigenvalue weighted by atomic mass is 15.3. The van der Waals surface area contributed by atoms with Crippen molar-refractivity contribution in [3.05, 3.63) is 0 Å². The van der Waals surface area contributed by atoms with Crippen molar-refractivity contribution in [3.8, 4) is 0 Å². The van der Waals surface area contributed by atoms with E-state index in [1.165, 1.54) is 64.7 Å². The van der Waals surface area contributed by atoms with Gasteiger partial charge in [-0.15, -0.1) is 0 Å². The minimum atomic E-state index is 0.657. The smallest absolute Gasteiger partial charge is 0.0218 e. The lowest BCUT2D eigenvalue weighted by Crippen LogP contribution is -2.64. The van der Waals surface area contributed by atoms with Crippen LogP contribution in [0, 0.1) is 17.8 Å². The van der Waals surface area contributed by atoms with Gasteiger partial charge in [-0.3, -0.25) is 9.80 Å². The summed E-state index contributed by atoms with van der Waals surface area (Å²) in [7, 11) is 0. The van der Waals surface area contributed by atoms with Gasteiger partial charge in [0.2, 0.25) is 0 Å². The Morgan fingerprint density at radius 3 is 1.65 bits per heavy atom. The van der Waals surface area contributed by atoms with E-state index in [1.54, 1.807) is 38.5 Å². The number of nitrogens with zero attached hydrogens (tertiary/aromatic N) is 2. The van der Waals surface area contributed by atoms with Crippen LogP contribution >= 0.6 is 0 Å². The molecule has 1 heterocycles. The topological polar surface area (TPSA) is 6.48 Å².